The van der Waals surface area contributed by atoms with E-state index in [9.17, 15) is 22.4 Å². The van der Waals surface area contributed by atoms with Gasteiger partial charge < -0.3 is 10.6 Å². The molecule has 0 unspecified atom stereocenters. The van der Waals surface area contributed by atoms with Gasteiger partial charge in [0.25, 0.3) is 11.3 Å². The number of halogens is 4. The van der Waals surface area contributed by atoms with Crippen molar-refractivity contribution in [2.75, 3.05) is 10.6 Å². The second kappa shape index (κ2) is 8.09. The minimum atomic E-state index is -4.44. The van der Waals surface area contributed by atoms with Gasteiger partial charge in [0.15, 0.2) is 0 Å². The van der Waals surface area contributed by atoms with Crippen LogP contribution in [0.3, 0.4) is 0 Å². The number of hydrogen-bond donors (Lipinski definition) is 3. The fourth-order valence-corrected chi connectivity index (χ4v) is 2.88. The van der Waals surface area contributed by atoms with Crippen molar-refractivity contribution in [2.24, 2.45) is 0 Å². The van der Waals surface area contributed by atoms with Crippen LogP contribution < -0.4 is 16.2 Å². The van der Waals surface area contributed by atoms with Crippen molar-refractivity contribution in [2.45, 2.75) is 19.3 Å². The van der Waals surface area contributed by atoms with Crippen LogP contribution in [-0.2, 0) is 19.3 Å². The number of alkyl halides is 3. The zero-order chi connectivity index (χ0) is 22.0. The molecule has 4 aromatic rings. The first-order valence-electron chi connectivity index (χ1n) is 9.16. The zero-order valence-corrected chi connectivity index (χ0v) is 15.9. The lowest BCUT2D eigenvalue weighted by molar-refractivity contribution is -0.137. The molecule has 2 aromatic carbocycles. The third-order valence-corrected chi connectivity index (χ3v) is 4.42. The van der Waals surface area contributed by atoms with Gasteiger partial charge in [-0.1, -0.05) is 18.2 Å². The number of rotatable bonds is 6. The van der Waals surface area contributed by atoms with Crippen molar-refractivity contribution in [3.05, 3.63) is 87.6 Å². The summed E-state index contributed by atoms with van der Waals surface area (Å²) in [5, 5.41) is 8.58. The van der Waals surface area contributed by atoms with E-state index in [1.54, 1.807) is 12.1 Å². The molecule has 0 aliphatic heterocycles. The van der Waals surface area contributed by atoms with Crippen LogP contribution in [0, 0.1) is 5.82 Å². The molecule has 7 nitrogen and oxygen atoms in total. The van der Waals surface area contributed by atoms with Crippen LogP contribution in [0.1, 0.15) is 16.8 Å². The molecule has 0 radical (unpaired) electrons. The molecule has 0 bridgehead atoms. The highest BCUT2D eigenvalue weighted by atomic mass is 19.4. The maximum Gasteiger partial charge on any atom is 0.416 e. The lowest BCUT2D eigenvalue weighted by atomic mass is 10.2. The van der Waals surface area contributed by atoms with Crippen LogP contribution in [0.2, 0.25) is 0 Å². The molecule has 31 heavy (non-hydrogen) atoms. The first-order valence-corrected chi connectivity index (χ1v) is 9.16. The molecule has 0 aliphatic rings. The molecule has 3 N–H and O–H groups in total. The van der Waals surface area contributed by atoms with E-state index in [0.29, 0.717) is 12.2 Å². The van der Waals surface area contributed by atoms with E-state index in [2.05, 4.69) is 25.7 Å². The van der Waals surface area contributed by atoms with E-state index < -0.39 is 17.3 Å². The van der Waals surface area contributed by atoms with Crippen molar-refractivity contribution in [1.82, 2.24) is 19.6 Å². The second-order valence-corrected chi connectivity index (χ2v) is 6.71. The van der Waals surface area contributed by atoms with Gasteiger partial charge in [0.2, 0.25) is 5.95 Å². The minimum Gasteiger partial charge on any atom is -0.379 e. The highest BCUT2D eigenvalue weighted by Gasteiger charge is 2.30. The summed E-state index contributed by atoms with van der Waals surface area (Å²) in [5.41, 5.74) is 0.186. The van der Waals surface area contributed by atoms with Gasteiger partial charge >= 0.3 is 6.18 Å². The number of aromatic amines is 1. The molecule has 11 heteroatoms. The van der Waals surface area contributed by atoms with E-state index in [4.69, 9.17) is 0 Å². The van der Waals surface area contributed by atoms with Gasteiger partial charge in [0.05, 0.1) is 17.8 Å². The van der Waals surface area contributed by atoms with E-state index in [-0.39, 0.29) is 29.8 Å². The quantitative estimate of drug-likeness (QED) is 0.404. The van der Waals surface area contributed by atoms with E-state index in [1.165, 1.54) is 30.3 Å². The summed E-state index contributed by atoms with van der Waals surface area (Å²) < 4.78 is 52.6. The third kappa shape index (κ3) is 4.82. The topological polar surface area (TPSA) is 87.1 Å². The molecule has 0 saturated carbocycles. The molecular formula is C20H16F4N6O. The summed E-state index contributed by atoms with van der Waals surface area (Å²) >= 11 is 0. The summed E-state index contributed by atoms with van der Waals surface area (Å²) in [6.07, 6.45) is -4.44. The van der Waals surface area contributed by atoms with E-state index in [0.717, 1.165) is 22.2 Å². The number of anilines is 2. The molecule has 0 aliphatic carbocycles. The number of nitrogens with zero attached hydrogens (tertiary/aromatic N) is 3. The first kappa shape index (κ1) is 20.4. The van der Waals surface area contributed by atoms with Crippen LogP contribution in [0.4, 0.5) is 29.2 Å². The summed E-state index contributed by atoms with van der Waals surface area (Å²) in [6, 6.07) is 11.9. The Morgan fingerprint density at radius 2 is 1.74 bits per heavy atom. The molecule has 4 rings (SSSR count). The number of H-pyrrole nitrogens is 1. The fourth-order valence-electron chi connectivity index (χ4n) is 2.88. The second-order valence-electron chi connectivity index (χ2n) is 6.71. The van der Waals surface area contributed by atoms with Crippen molar-refractivity contribution in [1.29, 1.82) is 0 Å². The van der Waals surface area contributed by atoms with E-state index in [1.807, 2.05) is 0 Å². The standard InChI is InChI=1S/C20H16F4N6O/c21-14-6-4-12(5-7-14)10-26-18-28-19-27-16(9-17(31)30(19)29-18)11-25-15-3-1-2-13(8-15)20(22,23)24/h1-9,25H,10-11H2,(H2,26,27,28,29). The molecule has 2 aromatic heterocycles. The maximum atomic E-state index is 13.0. The molecule has 2 heterocycles. The number of aromatic nitrogens is 4. The van der Waals surface area contributed by atoms with Gasteiger partial charge in [0.1, 0.15) is 5.82 Å². The van der Waals surface area contributed by atoms with Crippen molar-refractivity contribution >= 4 is 17.4 Å². The van der Waals surface area contributed by atoms with Crippen LogP contribution in [-0.4, -0.2) is 19.6 Å². The smallest absolute Gasteiger partial charge is 0.379 e. The Kier molecular flexibility index (Phi) is 5.32. The molecule has 0 atom stereocenters. The van der Waals surface area contributed by atoms with Crippen LogP contribution >= 0.6 is 0 Å². The van der Waals surface area contributed by atoms with Crippen LogP contribution in [0.15, 0.2) is 59.4 Å². The summed E-state index contributed by atoms with van der Waals surface area (Å²) in [4.78, 5) is 20.8. The number of fused-ring (bicyclic) bond motifs is 1. The Morgan fingerprint density at radius 1 is 0.968 bits per heavy atom. The van der Waals surface area contributed by atoms with Crippen molar-refractivity contribution in [3.63, 3.8) is 0 Å². The number of nitrogens with one attached hydrogen (secondary N) is 3. The largest absolute Gasteiger partial charge is 0.416 e. The van der Waals surface area contributed by atoms with Crippen LogP contribution in [0.5, 0.6) is 0 Å². The van der Waals surface area contributed by atoms with Crippen molar-refractivity contribution in [3.8, 4) is 0 Å². The van der Waals surface area contributed by atoms with Gasteiger partial charge in [-0.05, 0) is 35.9 Å². The van der Waals surface area contributed by atoms with Gasteiger partial charge in [-0.3, -0.25) is 9.89 Å². The predicted molar refractivity (Wildman–Crippen MR) is 106 cm³/mol. The monoisotopic (exact) mass is 432 g/mol. The Hall–Kier alpha value is -3.89. The molecule has 160 valence electrons. The molecule has 0 spiro atoms. The highest BCUT2D eigenvalue weighted by Crippen LogP contribution is 2.30. The summed E-state index contributed by atoms with van der Waals surface area (Å²) in [6.45, 7) is 0.386. The van der Waals surface area contributed by atoms with Crippen LogP contribution in [0.25, 0.3) is 5.78 Å². The van der Waals surface area contributed by atoms with Crippen molar-refractivity contribution < 1.29 is 17.6 Å². The highest BCUT2D eigenvalue weighted by molar-refractivity contribution is 5.47. The predicted octanol–water partition coefficient (Wildman–Crippen LogP) is 3.80. The first-order chi connectivity index (χ1) is 14.8. The van der Waals surface area contributed by atoms with Gasteiger partial charge in [-0.25, -0.2) is 9.37 Å². The maximum absolute atomic E-state index is 13.0. The molecular weight excluding hydrogens is 416 g/mol. The summed E-state index contributed by atoms with van der Waals surface area (Å²) in [5.74, 6) is 0.0568. The molecule has 0 fully saturated rings. The normalized spacial score (nSPS) is 11.6. The SMILES string of the molecule is O=c1cc(CNc2cccc(C(F)(F)F)c2)nc2nc(NCc3ccc(F)cc3)[nH]n12. The molecule has 0 amide bonds. The lowest BCUT2D eigenvalue weighted by Gasteiger charge is -2.10. The van der Waals surface area contributed by atoms with Gasteiger partial charge in [0, 0.05) is 18.3 Å². The number of hydrogen-bond acceptors (Lipinski definition) is 5. The van der Waals surface area contributed by atoms with Gasteiger partial charge in [-0.15, -0.1) is 0 Å². The fraction of sp³-hybridized carbons (Fsp3) is 0.150. The molecule has 0 saturated heterocycles. The van der Waals surface area contributed by atoms with Gasteiger partial charge in [-0.2, -0.15) is 22.7 Å². The minimum absolute atomic E-state index is 0.0399. The average Bonchev–Trinajstić information content (AvgIpc) is 3.15. The Morgan fingerprint density at radius 3 is 2.48 bits per heavy atom. The lowest BCUT2D eigenvalue weighted by Crippen LogP contribution is -2.17. The zero-order valence-electron chi connectivity index (χ0n) is 15.9. The van der Waals surface area contributed by atoms with E-state index >= 15 is 0 Å². The third-order valence-electron chi connectivity index (χ3n) is 4.42. The Balaban J connectivity index is 1.47. The average molecular weight is 432 g/mol. The number of benzene rings is 2. The summed E-state index contributed by atoms with van der Waals surface area (Å²) in [7, 11) is 0. The Labute approximate surface area is 172 Å². The Bertz CT molecular complexity index is 1260.